The van der Waals surface area contributed by atoms with Crippen LogP contribution >= 0.6 is 0 Å². The van der Waals surface area contributed by atoms with E-state index in [9.17, 15) is 0 Å². The molecule has 110 valence electrons. The Labute approximate surface area is 127 Å². The summed E-state index contributed by atoms with van der Waals surface area (Å²) in [5, 5.41) is 0. The van der Waals surface area contributed by atoms with Crippen molar-refractivity contribution in [3.05, 3.63) is 71.8 Å². The Kier molecular flexibility index (Phi) is 4.09. The molecule has 1 aliphatic heterocycles. The molecular weight excluding hydrogens is 258 g/mol. The Morgan fingerprint density at radius 2 is 1.48 bits per heavy atom. The van der Waals surface area contributed by atoms with Crippen molar-refractivity contribution in [1.82, 2.24) is 4.90 Å². The average Bonchev–Trinajstić information content (AvgIpc) is 2.93. The second-order valence-corrected chi connectivity index (χ2v) is 6.06. The van der Waals surface area contributed by atoms with Crippen LogP contribution in [0.25, 0.3) is 0 Å². The van der Waals surface area contributed by atoms with Crippen LogP contribution in [0.15, 0.2) is 60.7 Å². The van der Waals surface area contributed by atoms with Gasteiger partial charge in [0.05, 0.1) is 0 Å². The molecule has 0 amide bonds. The SMILES string of the molecule is CN(C)CC1CCOC1(c1ccccc1)c1ccccc1. The summed E-state index contributed by atoms with van der Waals surface area (Å²) in [5.41, 5.74) is 2.22. The Hall–Kier alpha value is -1.64. The lowest BCUT2D eigenvalue weighted by Gasteiger charge is -2.37. The highest BCUT2D eigenvalue weighted by Crippen LogP contribution is 2.46. The lowest BCUT2D eigenvalue weighted by Crippen LogP contribution is -2.39. The zero-order valence-corrected chi connectivity index (χ0v) is 12.8. The minimum absolute atomic E-state index is 0.313. The van der Waals surface area contributed by atoms with Crippen molar-refractivity contribution >= 4 is 0 Å². The highest BCUT2D eigenvalue weighted by Gasteiger charge is 2.47. The fourth-order valence-corrected chi connectivity index (χ4v) is 3.52. The van der Waals surface area contributed by atoms with Crippen molar-refractivity contribution < 1.29 is 4.74 Å². The van der Waals surface area contributed by atoms with Gasteiger partial charge in [-0.05, 0) is 31.6 Å². The van der Waals surface area contributed by atoms with E-state index in [1.54, 1.807) is 0 Å². The van der Waals surface area contributed by atoms with Crippen LogP contribution in [0.3, 0.4) is 0 Å². The monoisotopic (exact) mass is 281 g/mol. The van der Waals surface area contributed by atoms with Gasteiger partial charge in [-0.25, -0.2) is 0 Å². The molecule has 1 atom stereocenters. The van der Waals surface area contributed by atoms with Gasteiger partial charge in [0.25, 0.3) is 0 Å². The van der Waals surface area contributed by atoms with E-state index in [0.717, 1.165) is 19.6 Å². The molecule has 2 nitrogen and oxygen atoms in total. The molecule has 0 aromatic heterocycles. The summed E-state index contributed by atoms with van der Waals surface area (Å²) < 4.78 is 6.40. The molecule has 3 rings (SSSR count). The van der Waals surface area contributed by atoms with Crippen LogP contribution in [-0.4, -0.2) is 32.1 Å². The summed E-state index contributed by atoms with van der Waals surface area (Å²) in [6, 6.07) is 21.3. The second-order valence-electron chi connectivity index (χ2n) is 6.06. The van der Waals surface area contributed by atoms with Crippen LogP contribution in [-0.2, 0) is 10.3 Å². The number of rotatable bonds is 4. The minimum atomic E-state index is -0.313. The van der Waals surface area contributed by atoms with Gasteiger partial charge in [0.15, 0.2) is 0 Å². The zero-order chi connectivity index (χ0) is 14.7. The highest BCUT2D eigenvalue weighted by molar-refractivity contribution is 5.38. The van der Waals surface area contributed by atoms with Gasteiger partial charge in [-0.15, -0.1) is 0 Å². The molecule has 1 fully saturated rings. The summed E-state index contributed by atoms with van der Waals surface area (Å²) in [4.78, 5) is 2.26. The average molecular weight is 281 g/mol. The molecule has 1 saturated heterocycles. The highest BCUT2D eigenvalue weighted by atomic mass is 16.5. The maximum Gasteiger partial charge on any atom is 0.122 e. The minimum Gasteiger partial charge on any atom is -0.365 e. The molecule has 2 aromatic rings. The molecule has 1 heterocycles. The first-order chi connectivity index (χ1) is 10.2. The predicted molar refractivity (Wildman–Crippen MR) is 86.3 cm³/mol. The van der Waals surface area contributed by atoms with Gasteiger partial charge in [-0.2, -0.15) is 0 Å². The van der Waals surface area contributed by atoms with Gasteiger partial charge in [-0.1, -0.05) is 60.7 Å². The lowest BCUT2D eigenvalue weighted by atomic mass is 9.76. The van der Waals surface area contributed by atoms with Gasteiger partial charge < -0.3 is 9.64 Å². The van der Waals surface area contributed by atoms with E-state index in [0.29, 0.717) is 5.92 Å². The summed E-state index contributed by atoms with van der Waals surface area (Å²) in [6.45, 7) is 1.85. The molecular formula is C19H23NO. The fraction of sp³-hybridized carbons (Fsp3) is 0.368. The van der Waals surface area contributed by atoms with Gasteiger partial charge in [-0.3, -0.25) is 0 Å². The third-order valence-corrected chi connectivity index (χ3v) is 4.36. The summed E-state index contributed by atoms with van der Waals surface area (Å²) >= 11 is 0. The number of hydrogen-bond acceptors (Lipinski definition) is 2. The van der Waals surface area contributed by atoms with Crippen molar-refractivity contribution in [3.63, 3.8) is 0 Å². The van der Waals surface area contributed by atoms with E-state index in [4.69, 9.17) is 4.74 Å². The van der Waals surface area contributed by atoms with Crippen molar-refractivity contribution in [2.24, 2.45) is 5.92 Å². The van der Waals surface area contributed by atoms with Crippen LogP contribution < -0.4 is 0 Å². The number of hydrogen-bond donors (Lipinski definition) is 0. The van der Waals surface area contributed by atoms with Crippen LogP contribution in [0.1, 0.15) is 17.5 Å². The first-order valence-electron chi connectivity index (χ1n) is 7.63. The molecule has 0 spiro atoms. The van der Waals surface area contributed by atoms with Gasteiger partial charge in [0.2, 0.25) is 0 Å². The smallest absolute Gasteiger partial charge is 0.122 e. The standard InChI is InChI=1S/C19H23NO/c1-20(2)15-18-13-14-21-19(18,16-9-5-3-6-10-16)17-11-7-4-8-12-17/h3-12,18H,13-15H2,1-2H3. The first-order valence-corrected chi connectivity index (χ1v) is 7.63. The second kappa shape index (κ2) is 6.00. The maximum atomic E-state index is 6.40. The number of nitrogens with zero attached hydrogens (tertiary/aromatic N) is 1. The summed E-state index contributed by atoms with van der Waals surface area (Å²) in [5.74, 6) is 0.470. The molecule has 1 aliphatic rings. The normalized spacial score (nSPS) is 20.8. The molecule has 0 aliphatic carbocycles. The summed E-state index contributed by atoms with van der Waals surface area (Å²) in [6.07, 6.45) is 1.10. The molecule has 0 radical (unpaired) electrons. The van der Waals surface area contributed by atoms with E-state index in [-0.39, 0.29) is 5.60 Å². The van der Waals surface area contributed by atoms with Crippen LogP contribution in [0.5, 0.6) is 0 Å². The molecule has 2 aromatic carbocycles. The van der Waals surface area contributed by atoms with Gasteiger partial charge in [0, 0.05) is 19.1 Å². The third-order valence-electron chi connectivity index (χ3n) is 4.36. The van der Waals surface area contributed by atoms with Crippen molar-refractivity contribution in [1.29, 1.82) is 0 Å². The molecule has 2 heteroatoms. The summed E-state index contributed by atoms with van der Waals surface area (Å²) in [7, 11) is 4.28. The van der Waals surface area contributed by atoms with Crippen LogP contribution in [0.4, 0.5) is 0 Å². The zero-order valence-electron chi connectivity index (χ0n) is 12.8. The predicted octanol–water partition coefficient (Wildman–Crippen LogP) is 3.53. The molecule has 0 saturated carbocycles. The Balaban J connectivity index is 2.11. The first kappa shape index (κ1) is 14.3. The van der Waals surface area contributed by atoms with Crippen molar-refractivity contribution in [3.8, 4) is 0 Å². The molecule has 0 N–H and O–H groups in total. The van der Waals surface area contributed by atoms with Crippen LogP contribution in [0.2, 0.25) is 0 Å². The maximum absolute atomic E-state index is 6.40. The number of ether oxygens (including phenoxy) is 1. The largest absolute Gasteiger partial charge is 0.365 e. The molecule has 1 unspecified atom stereocenters. The quantitative estimate of drug-likeness (QED) is 0.850. The van der Waals surface area contributed by atoms with E-state index < -0.39 is 0 Å². The van der Waals surface area contributed by atoms with Gasteiger partial charge in [0.1, 0.15) is 5.60 Å². The lowest BCUT2D eigenvalue weighted by molar-refractivity contribution is 0.00438. The van der Waals surface area contributed by atoms with E-state index >= 15 is 0 Å². The molecule has 21 heavy (non-hydrogen) atoms. The fourth-order valence-electron chi connectivity index (χ4n) is 3.52. The number of benzene rings is 2. The van der Waals surface area contributed by atoms with Crippen molar-refractivity contribution in [2.45, 2.75) is 12.0 Å². The van der Waals surface area contributed by atoms with Gasteiger partial charge >= 0.3 is 0 Å². The van der Waals surface area contributed by atoms with E-state index in [1.165, 1.54) is 11.1 Å². The Morgan fingerprint density at radius 1 is 0.952 bits per heavy atom. The molecule has 0 bridgehead atoms. The van der Waals surface area contributed by atoms with E-state index in [1.807, 2.05) is 0 Å². The van der Waals surface area contributed by atoms with E-state index in [2.05, 4.69) is 79.7 Å². The van der Waals surface area contributed by atoms with Crippen molar-refractivity contribution in [2.75, 3.05) is 27.2 Å². The topological polar surface area (TPSA) is 12.5 Å². The Bertz CT molecular complexity index is 525. The third kappa shape index (κ3) is 2.61. The van der Waals surface area contributed by atoms with Crippen LogP contribution in [0, 0.1) is 5.92 Å². The Morgan fingerprint density at radius 3 is 1.95 bits per heavy atom.